The molecule has 1 aromatic heterocycles. The first-order chi connectivity index (χ1) is 9.61. The van der Waals surface area contributed by atoms with Gasteiger partial charge >= 0.3 is 5.97 Å². The average molecular weight is 292 g/mol. The minimum absolute atomic E-state index is 0.0243. The van der Waals surface area contributed by atoms with Crippen molar-refractivity contribution in [3.8, 4) is 5.75 Å². The Kier molecular flexibility index (Phi) is 4.41. The first-order valence-corrected chi connectivity index (χ1v) is 6.98. The van der Waals surface area contributed by atoms with Gasteiger partial charge in [0.2, 0.25) is 0 Å². The van der Waals surface area contributed by atoms with Crippen molar-refractivity contribution in [2.45, 2.75) is 10.6 Å². The molecule has 0 aliphatic heterocycles. The molecular weight excluding hydrogens is 280 g/mol. The standard InChI is InChI=1S/C13H12N2O4S/c1-19-9-2-4-10(5-3-9)20(18)7-12-11(13(16)17)6-14-8-15-12/h2-6,8H,7H2,1H3,(H,16,17). The number of ether oxygens (including phenoxy) is 1. The topological polar surface area (TPSA) is 89.4 Å². The van der Waals surface area contributed by atoms with Gasteiger partial charge in [-0.25, -0.2) is 14.8 Å². The summed E-state index contributed by atoms with van der Waals surface area (Å²) in [6, 6.07) is 6.75. The average Bonchev–Trinajstić information content (AvgIpc) is 2.47. The van der Waals surface area contributed by atoms with Gasteiger partial charge in [0.25, 0.3) is 0 Å². The highest BCUT2D eigenvalue weighted by molar-refractivity contribution is 7.84. The van der Waals surface area contributed by atoms with E-state index in [1.165, 1.54) is 12.5 Å². The van der Waals surface area contributed by atoms with E-state index in [0.717, 1.165) is 0 Å². The highest BCUT2D eigenvalue weighted by Crippen LogP contribution is 2.17. The number of hydrogen-bond acceptors (Lipinski definition) is 5. The molecule has 1 N–H and O–H groups in total. The van der Waals surface area contributed by atoms with Crippen LogP contribution in [0.3, 0.4) is 0 Å². The van der Waals surface area contributed by atoms with E-state index in [-0.39, 0.29) is 17.0 Å². The van der Waals surface area contributed by atoms with Gasteiger partial charge < -0.3 is 9.84 Å². The van der Waals surface area contributed by atoms with Crippen LogP contribution >= 0.6 is 0 Å². The summed E-state index contributed by atoms with van der Waals surface area (Å²) in [5, 5.41) is 9.02. The summed E-state index contributed by atoms with van der Waals surface area (Å²) in [5.74, 6) is -0.442. The molecule has 0 bridgehead atoms. The number of aromatic carboxylic acids is 1. The van der Waals surface area contributed by atoms with Crippen molar-refractivity contribution in [2.75, 3.05) is 7.11 Å². The lowest BCUT2D eigenvalue weighted by Gasteiger charge is -2.05. The van der Waals surface area contributed by atoms with Gasteiger partial charge in [0.15, 0.2) is 0 Å². The van der Waals surface area contributed by atoms with E-state index in [0.29, 0.717) is 10.6 Å². The molecule has 2 rings (SSSR count). The molecule has 0 aliphatic rings. The minimum Gasteiger partial charge on any atom is -0.497 e. The summed E-state index contributed by atoms with van der Waals surface area (Å²) >= 11 is 0. The fourth-order valence-corrected chi connectivity index (χ4v) is 2.67. The maximum atomic E-state index is 12.2. The molecule has 2 aromatic rings. The molecular formula is C13H12N2O4S. The summed E-state index contributed by atoms with van der Waals surface area (Å²) in [6.45, 7) is 0. The van der Waals surface area contributed by atoms with Crippen LogP contribution in [0.15, 0.2) is 41.7 Å². The SMILES string of the molecule is COc1ccc(S(=O)Cc2ncncc2C(=O)O)cc1. The molecule has 104 valence electrons. The second-order valence-electron chi connectivity index (χ2n) is 3.85. The molecule has 0 saturated carbocycles. The lowest BCUT2D eigenvalue weighted by molar-refractivity contribution is 0.0695. The second-order valence-corrected chi connectivity index (χ2v) is 5.30. The number of carbonyl (C=O) groups is 1. The molecule has 0 spiro atoms. The smallest absolute Gasteiger partial charge is 0.339 e. The van der Waals surface area contributed by atoms with Crippen molar-refractivity contribution < 1.29 is 18.8 Å². The highest BCUT2D eigenvalue weighted by atomic mass is 32.2. The molecule has 1 heterocycles. The number of benzene rings is 1. The summed E-state index contributed by atoms with van der Waals surface area (Å²) in [4.78, 5) is 19.2. The van der Waals surface area contributed by atoms with Crippen molar-refractivity contribution in [1.29, 1.82) is 0 Å². The fourth-order valence-electron chi connectivity index (χ4n) is 1.58. The van der Waals surface area contributed by atoms with Crippen molar-refractivity contribution in [3.05, 3.63) is 48.0 Å². The zero-order chi connectivity index (χ0) is 14.5. The third-order valence-corrected chi connectivity index (χ3v) is 3.95. The Balaban J connectivity index is 2.21. The predicted octanol–water partition coefficient (Wildman–Crippen LogP) is 1.49. The first kappa shape index (κ1) is 14.1. The highest BCUT2D eigenvalue weighted by Gasteiger charge is 2.15. The molecule has 1 aromatic carbocycles. The Morgan fingerprint density at radius 3 is 2.65 bits per heavy atom. The van der Waals surface area contributed by atoms with E-state index in [4.69, 9.17) is 9.84 Å². The van der Waals surface area contributed by atoms with Gasteiger partial charge in [-0.2, -0.15) is 0 Å². The monoisotopic (exact) mass is 292 g/mol. The van der Waals surface area contributed by atoms with Crippen molar-refractivity contribution in [1.82, 2.24) is 9.97 Å². The molecule has 1 atom stereocenters. The van der Waals surface area contributed by atoms with Crippen molar-refractivity contribution in [3.63, 3.8) is 0 Å². The Labute approximate surface area is 117 Å². The normalized spacial score (nSPS) is 11.8. The van der Waals surface area contributed by atoms with Crippen molar-refractivity contribution in [2.24, 2.45) is 0 Å². The minimum atomic E-state index is -1.38. The van der Waals surface area contributed by atoms with Crippen LogP contribution in [0.1, 0.15) is 16.1 Å². The van der Waals surface area contributed by atoms with Gasteiger partial charge in [-0.05, 0) is 24.3 Å². The predicted molar refractivity (Wildman–Crippen MR) is 72.1 cm³/mol. The molecule has 0 amide bonds. The van der Waals surface area contributed by atoms with Gasteiger partial charge in [-0.3, -0.25) is 4.21 Å². The van der Waals surface area contributed by atoms with E-state index in [9.17, 15) is 9.00 Å². The Bertz CT molecular complexity index is 643. The van der Waals surface area contributed by atoms with Crippen LogP contribution in [-0.2, 0) is 16.6 Å². The van der Waals surface area contributed by atoms with Gasteiger partial charge in [0.1, 0.15) is 17.6 Å². The third kappa shape index (κ3) is 3.18. The molecule has 0 aliphatic carbocycles. The molecule has 0 radical (unpaired) electrons. The van der Waals surface area contributed by atoms with Gasteiger partial charge in [-0.15, -0.1) is 0 Å². The van der Waals surface area contributed by atoms with Gasteiger partial charge in [-0.1, -0.05) is 0 Å². The van der Waals surface area contributed by atoms with Crippen LogP contribution in [0.25, 0.3) is 0 Å². The third-order valence-electron chi connectivity index (χ3n) is 2.62. The molecule has 20 heavy (non-hydrogen) atoms. The number of methoxy groups -OCH3 is 1. The summed E-state index contributed by atoms with van der Waals surface area (Å²) in [7, 11) is 0.167. The zero-order valence-electron chi connectivity index (χ0n) is 10.6. The molecule has 6 nitrogen and oxygen atoms in total. The quantitative estimate of drug-likeness (QED) is 0.898. The van der Waals surface area contributed by atoms with Crippen LogP contribution in [0.2, 0.25) is 0 Å². The Morgan fingerprint density at radius 1 is 1.35 bits per heavy atom. The second kappa shape index (κ2) is 6.25. The number of nitrogens with zero attached hydrogens (tertiary/aromatic N) is 2. The molecule has 0 saturated heterocycles. The summed E-state index contributed by atoms with van der Waals surface area (Å²) < 4.78 is 17.2. The van der Waals surface area contributed by atoms with E-state index >= 15 is 0 Å². The van der Waals surface area contributed by atoms with Crippen LogP contribution in [-0.4, -0.2) is 32.4 Å². The Morgan fingerprint density at radius 2 is 2.05 bits per heavy atom. The van der Waals surface area contributed by atoms with E-state index in [2.05, 4.69) is 9.97 Å². The number of hydrogen-bond donors (Lipinski definition) is 1. The lowest BCUT2D eigenvalue weighted by Crippen LogP contribution is -2.08. The van der Waals surface area contributed by atoms with E-state index in [1.807, 2.05) is 0 Å². The van der Waals surface area contributed by atoms with Gasteiger partial charge in [0, 0.05) is 11.1 Å². The van der Waals surface area contributed by atoms with Crippen molar-refractivity contribution >= 4 is 16.8 Å². The number of carboxylic acids is 1. The summed E-state index contributed by atoms with van der Waals surface area (Å²) in [6.07, 6.45) is 2.45. The largest absolute Gasteiger partial charge is 0.497 e. The van der Waals surface area contributed by atoms with Crippen LogP contribution < -0.4 is 4.74 Å². The molecule has 0 fully saturated rings. The summed E-state index contributed by atoms with van der Waals surface area (Å²) in [5.41, 5.74) is 0.219. The maximum absolute atomic E-state index is 12.2. The van der Waals surface area contributed by atoms with E-state index < -0.39 is 16.8 Å². The zero-order valence-corrected chi connectivity index (χ0v) is 11.5. The van der Waals surface area contributed by atoms with Gasteiger partial charge in [0.05, 0.1) is 29.4 Å². The van der Waals surface area contributed by atoms with Crippen LogP contribution in [0, 0.1) is 0 Å². The van der Waals surface area contributed by atoms with Crippen LogP contribution in [0.5, 0.6) is 5.75 Å². The number of rotatable bonds is 5. The first-order valence-electron chi connectivity index (χ1n) is 5.66. The fraction of sp³-hybridized carbons (Fsp3) is 0.154. The Hall–Kier alpha value is -2.28. The number of aromatic nitrogens is 2. The number of carboxylic acid groups (broad SMARTS) is 1. The molecule has 1 unspecified atom stereocenters. The van der Waals surface area contributed by atoms with Crippen LogP contribution in [0.4, 0.5) is 0 Å². The molecule has 7 heteroatoms. The van der Waals surface area contributed by atoms with E-state index in [1.54, 1.807) is 31.4 Å². The maximum Gasteiger partial charge on any atom is 0.339 e. The lowest BCUT2D eigenvalue weighted by atomic mass is 10.2.